The van der Waals surface area contributed by atoms with E-state index in [1.165, 1.54) is 4.31 Å². The van der Waals surface area contributed by atoms with Crippen LogP contribution in [0.15, 0.2) is 47.6 Å². The highest BCUT2D eigenvalue weighted by atomic mass is 35.5. The average Bonchev–Trinajstić information content (AvgIpc) is 3.00. The molecule has 0 saturated carbocycles. The van der Waals surface area contributed by atoms with E-state index in [1.54, 1.807) is 0 Å². The second kappa shape index (κ2) is 9.81. The Morgan fingerprint density at radius 2 is 1.88 bits per heavy atom. The molecule has 0 radical (unpaired) electrons. The second-order valence-corrected chi connectivity index (χ2v) is 7.16. The largest absolute Gasteiger partial charge is 0.329 e. The zero-order valence-corrected chi connectivity index (χ0v) is 15.1. The Morgan fingerprint density at radius 1 is 1.20 bits per heavy atom. The summed E-state index contributed by atoms with van der Waals surface area (Å²) in [6.45, 7) is -0.0750. The fourth-order valence-electron chi connectivity index (χ4n) is 2.26. The Bertz CT molecular complexity index is 741. The van der Waals surface area contributed by atoms with Crippen molar-refractivity contribution >= 4 is 22.4 Å². The summed E-state index contributed by atoms with van der Waals surface area (Å²) >= 11 is 0. The van der Waals surface area contributed by atoms with Gasteiger partial charge in [-0.25, -0.2) is 17.2 Å². The summed E-state index contributed by atoms with van der Waals surface area (Å²) in [6.07, 6.45) is 0.140. The lowest BCUT2D eigenvalue weighted by molar-refractivity contribution is 0.121. The van der Waals surface area contributed by atoms with E-state index >= 15 is 0 Å². The Kier molecular flexibility index (Phi) is 8.43. The van der Waals surface area contributed by atoms with Crippen molar-refractivity contribution in [1.29, 1.82) is 0 Å². The molecule has 0 aliphatic heterocycles. The molecule has 10 heteroatoms. The van der Waals surface area contributed by atoms with E-state index in [0.29, 0.717) is 6.42 Å². The van der Waals surface area contributed by atoms with Crippen LogP contribution in [-0.4, -0.2) is 48.6 Å². The number of aromatic nitrogens is 2. The van der Waals surface area contributed by atoms with Crippen molar-refractivity contribution in [3.8, 4) is 0 Å². The molecule has 2 N–H and O–H groups in total. The van der Waals surface area contributed by atoms with Gasteiger partial charge < -0.3 is 5.73 Å². The molecule has 0 atom stereocenters. The minimum atomic E-state index is -3.82. The third-order valence-electron chi connectivity index (χ3n) is 3.44. The number of alkyl halides is 2. The first-order valence-electron chi connectivity index (χ1n) is 7.48. The predicted octanol–water partition coefficient (Wildman–Crippen LogP) is 1.76. The number of nitrogens with zero attached hydrogens (tertiary/aromatic N) is 3. The van der Waals surface area contributed by atoms with Gasteiger partial charge in [-0.05, 0) is 12.0 Å². The number of rotatable bonds is 9. The summed E-state index contributed by atoms with van der Waals surface area (Å²) in [4.78, 5) is -0.107. The van der Waals surface area contributed by atoms with Crippen LogP contribution in [0.3, 0.4) is 0 Å². The van der Waals surface area contributed by atoms with Crippen molar-refractivity contribution in [2.75, 3.05) is 19.6 Å². The van der Waals surface area contributed by atoms with E-state index in [-0.39, 0.29) is 36.9 Å². The van der Waals surface area contributed by atoms with Crippen LogP contribution < -0.4 is 5.73 Å². The number of benzene rings is 1. The van der Waals surface area contributed by atoms with Crippen LogP contribution in [0.1, 0.15) is 5.56 Å². The average molecular weight is 395 g/mol. The van der Waals surface area contributed by atoms with E-state index in [4.69, 9.17) is 5.73 Å². The number of halogens is 3. The third-order valence-corrected chi connectivity index (χ3v) is 5.30. The number of sulfonamides is 1. The minimum absolute atomic E-state index is 0. The first-order valence-corrected chi connectivity index (χ1v) is 8.92. The lowest BCUT2D eigenvalue weighted by Gasteiger charge is -2.20. The normalized spacial score (nSPS) is 11.7. The van der Waals surface area contributed by atoms with Crippen LogP contribution in [0.25, 0.3) is 0 Å². The molecule has 25 heavy (non-hydrogen) atoms. The topological polar surface area (TPSA) is 81.2 Å². The monoisotopic (exact) mass is 394 g/mol. The first-order chi connectivity index (χ1) is 11.4. The van der Waals surface area contributed by atoms with Crippen LogP contribution in [0, 0.1) is 0 Å². The molecule has 0 aliphatic rings. The van der Waals surface area contributed by atoms with Gasteiger partial charge in [-0.3, -0.25) is 4.68 Å². The predicted molar refractivity (Wildman–Crippen MR) is 93.4 cm³/mol. The maximum Gasteiger partial charge on any atom is 0.257 e. The highest BCUT2D eigenvalue weighted by molar-refractivity contribution is 7.89. The van der Waals surface area contributed by atoms with Gasteiger partial charge in [0.25, 0.3) is 6.43 Å². The van der Waals surface area contributed by atoms with Crippen molar-refractivity contribution < 1.29 is 17.2 Å². The molecule has 0 saturated heterocycles. The van der Waals surface area contributed by atoms with Crippen LogP contribution >= 0.6 is 12.4 Å². The molecule has 1 aromatic carbocycles. The van der Waals surface area contributed by atoms with Crippen LogP contribution in [-0.2, 0) is 23.0 Å². The lowest BCUT2D eigenvalue weighted by Crippen LogP contribution is -2.36. The van der Waals surface area contributed by atoms with Crippen molar-refractivity contribution in [2.45, 2.75) is 24.3 Å². The smallest absolute Gasteiger partial charge is 0.257 e. The summed E-state index contributed by atoms with van der Waals surface area (Å²) in [6, 6.07) is 9.47. The van der Waals surface area contributed by atoms with Gasteiger partial charge in [0.2, 0.25) is 10.0 Å². The summed E-state index contributed by atoms with van der Waals surface area (Å²) < 4.78 is 52.3. The van der Waals surface area contributed by atoms with Gasteiger partial charge in [0.15, 0.2) is 0 Å². The SMILES string of the molecule is Cl.NCCN(CCc1ccccc1)S(=O)(=O)c1cnn(CC(F)F)c1. The van der Waals surface area contributed by atoms with Gasteiger partial charge in [-0.2, -0.15) is 9.40 Å². The Hall–Kier alpha value is -1.55. The molecule has 0 aliphatic carbocycles. The second-order valence-electron chi connectivity index (χ2n) is 5.22. The maximum atomic E-state index is 12.7. The molecule has 0 unspecified atom stereocenters. The molecule has 0 bridgehead atoms. The van der Waals surface area contributed by atoms with E-state index in [1.807, 2.05) is 30.3 Å². The summed E-state index contributed by atoms with van der Waals surface area (Å²) in [5, 5.41) is 3.68. The zero-order valence-electron chi connectivity index (χ0n) is 13.5. The highest BCUT2D eigenvalue weighted by Crippen LogP contribution is 2.16. The molecule has 6 nitrogen and oxygen atoms in total. The van der Waals surface area contributed by atoms with E-state index < -0.39 is 23.0 Å². The Labute approximate surface area is 152 Å². The molecule has 0 spiro atoms. The van der Waals surface area contributed by atoms with Crippen molar-refractivity contribution in [1.82, 2.24) is 14.1 Å². The molecule has 2 aromatic rings. The van der Waals surface area contributed by atoms with Gasteiger partial charge in [-0.1, -0.05) is 30.3 Å². The molecule has 1 heterocycles. The summed E-state index contributed by atoms with van der Waals surface area (Å²) in [5.41, 5.74) is 6.52. The molecule has 1 aromatic heterocycles. The molecule has 2 rings (SSSR count). The van der Waals surface area contributed by atoms with Crippen molar-refractivity contribution in [2.24, 2.45) is 5.73 Å². The summed E-state index contributed by atoms with van der Waals surface area (Å²) in [7, 11) is -3.82. The van der Waals surface area contributed by atoms with E-state index in [9.17, 15) is 17.2 Å². The Morgan fingerprint density at radius 3 is 2.48 bits per heavy atom. The fourth-order valence-corrected chi connectivity index (χ4v) is 3.67. The van der Waals surface area contributed by atoms with Crippen LogP contribution in [0.4, 0.5) is 8.78 Å². The van der Waals surface area contributed by atoms with Crippen LogP contribution in [0.5, 0.6) is 0 Å². The number of hydrogen-bond donors (Lipinski definition) is 1. The molecular weight excluding hydrogens is 374 g/mol. The van der Waals surface area contributed by atoms with Crippen LogP contribution in [0.2, 0.25) is 0 Å². The summed E-state index contributed by atoms with van der Waals surface area (Å²) in [5.74, 6) is 0. The molecular formula is C15H21ClF2N4O2S. The lowest BCUT2D eigenvalue weighted by atomic mass is 10.1. The van der Waals surface area contributed by atoms with E-state index in [0.717, 1.165) is 22.6 Å². The number of hydrogen-bond acceptors (Lipinski definition) is 4. The molecule has 0 fully saturated rings. The molecule has 140 valence electrons. The van der Waals surface area contributed by atoms with Crippen molar-refractivity contribution in [3.05, 3.63) is 48.3 Å². The van der Waals surface area contributed by atoms with E-state index in [2.05, 4.69) is 5.10 Å². The van der Waals surface area contributed by atoms with Gasteiger partial charge in [-0.15, -0.1) is 12.4 Å². The Balaban J connectivity index is 0.00000312. The highest BCUT2D eigenvalue weighted by Gasteiger charge is 2.25. The quantitative estimate of drug-likeness (QED) is 0.702. The zero-order chi connectivity index (χ0) is 17.6. The standard InChI is InChI=1S/C15H20F2N4O2S.ClH/c16-15(17)12-20-11-14(10-19-20)24(22,23)21(9-7-18)8-6-13-4-2-1-3-5-13;/h1-5,10-11,15H,6-9,12,18H2;1H. The third kappa shape index (κ3) is 6.03. The maximum absolute atomic E-state index is 12.7. The van der Waals surface area contributed by atoms with Gasteiger partial charge in [0.05, 0.1) is 6.20 Å². The van der Waals surface area contributed by atoms with Gasteiger partial charge >= 0.3 is 0 Å². The van der Waals surface area contributed by atoms with Gasteiger partial charge in [0, 0.05) is 25.8 Å². The minimum Gasteiger partial charge on any atom is -0.329 e. The van der Waals surface area contributed by atoms with Crippen molar-refractivity contribution in [3.63, 3.8) is 0 Å². The molecule has 0 amide bonds. The first kappa shape index (κ1) is 21.5. The fraction of sp³-hybridized carbons (Fsp3) is 0.400. The number of nitrogens with two attached hydrogens (primary N) is 1. The van der Waals surface area contributed by atoms with Gasteiger partial charge in [0.1, 0.15) is 11.4 Å².